The summed E-state index contributed by atoms with van der Waals surface area (Å²) in [5.41, 5.74) is 5.18. The van der Waals surface area contributed by atoms with Crippen molar-refractivity contribution in [3.8, 4) is 28.4 Å². The summed E-state index contributed by atoms with van der Waals surface area (Å²) in [6.07, 6.45) is 10.6. The molecular weight excluding hydrogens is 865 g/mol. The zero-order valence-corrected chi connectivity index (χ0v) is 40.4. The number of benzene rings is 5. The molecule has 2 N–H and O–H groups in total. The van der Waals surface area contributed by atoms with E-state index in [1.54, 1.807) is 17.1 Å². The summed E-state index contributed by atoms with van der Waals surface area (Å²) < 4.78 is 27.6. The zero-order chi connectivity index (χ0) is 48.4. The number of hydrogen-bond acceptors (Lipinski definition) is 9. The molecule has 1 aliphatic heterocycles. The molecule has 0 spiro atoms. The molecule has 0 unspecified atom stereocenters. The lowest BCUT2D eigenvalue weighted by atomic mass is 9.55. The summed E-state index contributed by atoms with van der Waals surface area (Å²) in [5, 5.41) is 27.2. The number of allylic oxidation sites excluding steroid dienone is 1. The molecule has 8 rings (SSSR count). The molecule has 3 aliphatic rings. The van der Waals surface area contributed by atoms with Crippen LogP contribution in [-0.4, -0.2) is 70.8 Å². The Kier molecular flexibility index (Phi) is 16.0. The van der Waals surface area contributed by atoms with Crippen molar-refractivity contribution in [2.24, 2.45) is 22.9 Å². The SMILES string of the molecule is C=CCCOC(=O)N(Cc1cccc2ccccc12)[C@H]1CC(=NOC(C)(C)C)C2=C[C@H](CCCCO)[C@@H](CCCCO)[C@@H]3c4cc(Oc5ccc(-c6ccccc6)cc5)ccc4O[C@@]1(OCC=C)[C@H]23. The number of fused-ring (bicyclic) bond motifs is 3. The van der Waals surface area contributed by atoms with Crippen LogP contribution < -0.4 is 9.47 Å². The van der Waals surface area contributed by atoms with Gasteiger partial charge in [0.15, 0.2) is 0 Å². The number of nitrogens with zero attached hydrogens (tertiary/aromatic N) is 2. The quantitative estimate of drug-likeness (QED) is 0.0424. The van der Waals surface area contributed by atoms with Crippen LogP contribution >= 0.6 is 0 Å². The minimum Gasteiger partial charge on any atom is -0.459 e. The topological polar surface area (TPSA) is 119 Å². The van der Waals surface area contributed by atoms with Crippen molar-refractivity contribution in [1.29, 1.82) is 0 Å². The number of carbonyl (C=O) groups is 1. The maximum absolute atomic E-state index is 15.0. The highest BCUT2D eigenvalue weighted by Crippen LogP contribution is 2.62. The molecule has 1 heterocycles. The molecule has 1 saturated carbocycles. The third-order valence-corrected chi connectivity index (χ3v) is 13.7. The van der Waals surface area contributed by atoms with E-state index in [0.717, 1.165) is 64.3 Å². The minimum absolute atomic E-state index is 0.0355. The average molecular weight is 933 g/mol. The van der Waals surface area contributed by atoms with Gasteiger partial charge in [-0.1, -0.05) is 121 Å². The predicted molar refractivity (Wildman–Crippen MR) is 273 cm³/mol. The Morgan fingerprint density at radius 2 is 1.55 bits per heavy atom. The fraction of sp³-hybridized carbons (Fsp3) is 0.390. The number of amides is 1. The molecule has 0 aromatic heterocycles. The number of unbranched alkanes of at least 4 members (excludes halogenated alkanes) is 2. The van der Waals surface area contributed by atoms with Crippen molar-refractivity contribution < 1.29 is 38.8 Å². The van der Waals surface area contributed by atoms with E-state index in [0.29, 0.717) is 42.2 Å². The normalized spacial score (nSPS) is 22.1. The van der Waals surface area contributed by atoms with E-state index in [9.17, 15) is 10.2 Å². The largest absolute Gasteiger partial charge is 0.459 e. The second kappa shape index (κ2) is 22.5. The third-order valence-electron chi connectivity index (χ3n) is 13.7. The van der Waals surface area contributed by atoms with Crippen molar-refractivity contribution in [3.63, 3.8) is 0 Å². The highest BCUT2D eigenvalue weighted by molar-refractivity contribution is 6.03. The van der Waals surface area contributed by atoms with Crippen LogP contribution in [-0.2, 0) is 20.9 Å². The number of rotatable bonds is 21. The summed E-state index contributed by atoms with van der Waals surface area (Å²) in [6, 6.07) is 38.0. The molecule has 10 nitrogen and oxygen atoms in total. The van der Waals surface area contributed by atoms with Crippen molar-refractivity contribution in [3.05, 3.63) is 163 Å². The molecule has 5 aromatic carbocycles. The molecule has 2 aliphatic carbocycles. The van der Waals surface area contributed by atoms with E-state index in [-0.39, 0.29) is 57.1 Å². The van der Waals surface area contributed by atoms with Crippen LogP contribution in [0.25, 0.3) is 21.9 Å². The first-order valence-electron chi connectivity index (χ1n) is 24.7. The Morgan fingerprint density at radius 3 is 2.29 bits per heavy atom. The number of aliphatic hydroxyl groups is 2. The van der Waals surface area contributed by atoms with Gasteiger partial charge in [-0.2, -0.15) is 0 Å². The molecule has 0 radical (unpaired) electrons. The van der Waals surface area contributed by atoms with Gasteiger partial charge in [-0.05, 0) is 128 Å². The maximum atomic E-state index is 15.0. The van der Waals surface area contributed by atoms with Gasteiger partial charge in [-0.3, -0.25) is 4.90 Å². The predicted octanol–water partition coefficient (Wildman–Crippen LogP) is 12.9. The second-order valence-electron chi connectivity index (χ2n) is 19.4. The van der Waals surface area contributed by atoms with Gasteiger partial charge in [0.2, 0.25) is 5.79 Å². The van der Waals surface area contributed by atoms with Crippen LogP contribution in [0.15, 0.2) is 157 Å². The van der Waals surface area contributed by atoms with Gasteiger partial charge >= 0.3 is 6.09 Å². The Labute approximate surface area is 407 Å². The van der Waals surface area contributed by atoms with Crippen molar-refractivity contribution in [1.82, 2.24) is 4.90 Å². The van der Waals surface area contributed by atoms with Crippen LogP contribution in [0, 0.1) is 17.8 Å². The van der Waals surface area contributed by atoms with E-state index >= 15 is 4.79 Å². The zero-order valence-electron chi connectivity index (χ0n) is 40.4. The molecule has 1 amide bonds. The Balaban J connectivity index is 1.33. The fourth-order valence-electron chi connectivity index (χ4n) is 10.6. The number of hydrogen-bond donors (Lipinski definition) is 2. The molecule has 362 valence electrons. The van der Waals surface area contributed by atoms with Gasteiger partial charge in [0.05, 0.1) is 31.4 Å². The van der Waals surface area contributed by atoms with Gasteiger partial charge in [-0.15, -0.1) is 13.2 Å². The second-order valence-corrected chi connectivity index (χ2v) is 19.4. The molecule has 10 heteroatoms. The molecule has 6 atom stereocenters. The average Bonchev–Trinajstić information content (AvgIpc) is 3.36. The highest BCUT2D eigenvalue weighted by Gasteiger charge is 2.66. The third kappa shape index (κ3) is 11.1. The van der Waals surface area contributed by atoms with Crippen LogP contribution in [0.1, 0.15) is 89.2 Å². The Hall–Kier alpha value is -6.20. The lowest BCUT2D eigenvalue weighted by Gasteiger charge is -2.60. The van der Waals surface area contributed by atoms with Gasteiger partial charge in [-0.25, -0.2) is 4.79 Å². The molecular formula is C59H68N2O8. The molecule has 69 heavy (non-hydrogen) atoms. The summed E-state index contributed by atoms with van der Waals surface area (Å²) in [6.45, 7) is 14.6. The Morgan fingerprint density at radius 1 is 0.841 bits per heavy atom. The van der Waals surface area contributed by atoms with Crippen LogP contribution in [0.2, 0.25) is 0 Å². The maximum Gasteiger partial charge on any atom is 0.410 e. The standard InChI is InChI=1S/C59H68N2O8/c1-6-8-36-65-57(64)61(40-45-24-18-23-43-21-12-13-25-48(43)45)54-39-52(60-69-58(3,4)5)50-37-44(22-14-16-33-62)49(26-15-17-34-63)55-51-38-47(31-32-53(51)68-59(54,56(50)55)66-35-7-2)67-46-29-27-42(28-30-46)41-19-10-9-11-20-41/h6-7,9-13,18-21,23-25,27-32,37-38,44,49,54-56,62-63H,1-2,8,14-17,22,26,33-36,39-40H2,3-5H3/t44-,49+,54-,55+,56+,59+/m0/s1. The lowest BCUT2D eigenvalue weighted by molar-refractivity contribution is -0.256. The summed E-state index contributed by atoms with van der Waals surface area (Å²) in [5.74, 6) is -0.115. The first kappa shape index (κ1) is 49.2. The van der Waals surface area contributed by atoms with Gasteiger partial charge in [0.1, 0.15) is 28.9 Å². The highest BCUT2D eigenvalue weighted by atomic mass is 16.7. The number of oxime groups is 1. The number of carbonyl (C=O) groups excluding carboxylic acids is 1. The number of aliphatic hydroxyl groups excluding tert-OH is 2. The van der Waals surface area contributed by atoms with Crippen molar-refractivity contribution in [2.75, 3.05) is 26.4 Å². The van der Waals surface area contributed by atoms with Crippen LogP contribution in [0.4, 0.5) is 4.79 Å². The van der Waals surface area contributed by atoms with E-state index in [1.165, 1.54) is 0 Å². The number of ether oxygens (including phenoxy) is 4. The van der Waals surface area contributed by atoms with E-state index in [1.807, 2.05) is 81.4 Å². The Bertz CT molecular complexity index is 2600. The fourth-order valence-corrected chi connectivity index (χ4v) is 10.6. The first-order chi connectivity index (χ1) is 33.6. The van der Waals surface area contributed by atoms with E-state index < -0.39 is 29.4 Å². The summed E-state index contributed by atoms with van der Waals surface area (Å²) in [4.78, 5) is 23.1. The van der Waals surface area contributed by atoms with Gasteiger partial charge in [0, 0.05) is 31.1 Å². The minimum atomic E-state index is -1.47. The molecule has 5 aromatic rings. The first-order valence-corrected chi connectivity index (χ1v) is 24.7. The van der Waals surface area contributed by atoms with E-state index in [2.05, 4.69) is 73.8 Å². The van der Waals surface area contributed by atoms with Crippen molar-refractivity contribution >= 4 is 22.6 Å². The van der Waals surface area contributed by atoms with Gasteiger partial charge in [0.25, 0.3) is 0 Å². The summed E-state index contributed by atoms with van der Waals surface area (Å²) >= 11 is 0. The van der Waals surface area contributed by atoms with Crippen LogP contribution in [0.3, 0.4) is 0 Å². The van der Waals surface area contributed by atoms with E-state index in [4.69, 9.17) is 28.9 Å². The summed E-state index contributed by atoms with van der Waals surface area (Å²) in [7, 11) is 0. The smallest absolute Gasteiger partial charge is 0.410 e. The van der Waals surface area contributed by atoms with Crippen LogP contribution in [0.5, 0.6) is 17.2 Å². The van der Waals surface area contributed by atoms with Gasteiger partial charge < -0.3 is 34.0 Å². The molecule has 0 bridgehead atoms. The lowest BCUT2D eigenvalue weighted by Crippen LogP contribution is -2.70. The van der Waals surface area contributed by atoms with Crippen molar-refractivity contribution in [2.45, 2.75) is 102 Å². The monoisotopic (exact) mass is 932 g/mol. The molecule has 1 fully saturated rings. The molecule has 0 saturated heterocycles.